The van der Waals surface area contributed by atoms with E-state index in [0.717, 1.165) is 5.56 Å². The molecule has 0 spiro atoms. The molecule has 28 heavy (non-hydrogen) atoms. The van der Waals surface area contributed by atoms with Crippen LogP contribution >= 0.6 is 0 Å². The summed E-state index contributed by atoms with van der Waals surface area (Å²) in [7, 11) is 1.36. The quantitative estimate of drug-likeness (QED) is 0.429. The van der Waals surface area contributed by atoms with Gasteiger partial charge in [0.05, 0.1) is 7.11 Å². The number of allylic oxidation sites excluding steroid dienone is 1. The molecule has 1 aromatic carbocycles. The highest BCUT2D eigenvalue weighted by Crippen LogP contribution is 2.16. The first kappa shape index (κ1) is 21.3. The SMILES string of the molecule is COC(=O)CS(=O)Cc1cccc(/C=C/C(=O)c2c(O)cc(C)n(C)c2=O)c1. The zero-order valence-electron chi connectivity index (χ0n) is 15.8. The Morgan fingerprint density at radius 2 is 2.00 bits per heavy atom. The van der Waals surface area contributed by atoms with Crippen LogP contribution in [0.1, 0.15) is 27.2 Å². The number of nitrogens with zero attached hydrogens (tertiary/aromatic N) is 1. The summed E-state index contributed by atoms with van der Waals surface area (Å²) in [6.07, 6.45) is 2.71. The highest BCUT2D eigenvalue weighted by atomic mass is 32.2. The van der Waals surface area contributed by atoms with Crippen LogP contribution in [0.3, 0.4) is 0 Å². The number of pyridine rings is 1. The normalized spacial score (nSPS) is 12.1. The number of carbonyl (C=O) groups is 2. The van der Waals surface area contributed by atoms with Crippen molar-refractivity contribution in [1.29, 1.82) is 0 Å². The van der Waals surface area contributed by atoms with Crippen LogP contribution in [0.4, 0.5) is 0 Å². The Bertz CT molecular complexity index is 1020. The number of aromatic nitrogens is 1. The van der Waals surface area contributed by atoms with Gasteiger partial charge in [-0.15, -0.1) is 0 Å². The zero-order chi connectivity index (χ0) is 20.8. The molecule has 0 aliphatic heterocycles. The van der Waals surface area contributed by atoms with Gasteiger partial charge in [0.15, 0.2) is 5.78 Å². The third-order valence-electron chi connectivity index (χ3n) is 4.11. The molecule has 0 radical (unpaired) electrons. The topological polar surface area (TPSA) is 103 Å². The van der Waals surface area contributed by atoms with Crippen LogP contribution in [-0.4, -0.2) is 38.5 Å². The maximum absolute atomic E-state index is 12.4. The minimum atomic E-state index is -1.41. The first-order valence-corrected chi connectivity index (χ1v) is 9.84. The first-order valence-electron chi connectivity index (χ1n) is 8.35. The van der Waals surface area contributed by atoms with E-state index in [4.69, 9.17) is 0 Å². The molecule has 2 aromatic rings. The Kier molecular flexibility index (Phi) is 7.06. The minimum absolute atomic E-state index is 0.171. The molecular formula is C20H21NO6S. The smallest absolute Gasteiger partial charge is 0.318 e. The molecule has 2 rings (SSSR count). The predicted octanol–water partition coefficient (Wildman–Crippen LogP) is 1.72. The van der Waals surface area contributed by atoms with Crippen LogP contribution in [-0.2, 0) is 33.1 Å². The van der Waals surface area contributed by atoms with Gasteiger partial charge in [-0.05, 0) is 24.1 Å². The van der Waals surface area contributed by atoms with Crippen molar-refractivity contribution in [3.63, 3.8) is 0 Å². The summed E-state index contributed by atoms with van der Waals surface area (Å²) in [4.78, 5) is 35.8. The van der Waals surface area contributed by atoms with E-state index >= 15 is 0 Å². The summed E-state index contributed by atoms with van der Waals surface area (Å²) in [6, 6.07) is 8.32. The van der Waals surface area contributed by atoms with Gasteiger partial charge >= 0.3 is 5.97 Å². The second-order valence-electron chi connectivity index (χ2n) is 6.16. The van der Waals surface area contributed by atoms with Gasteiger partial charge in [-0.25, -0.2) is 0 Å². The van der Waals surface area contributed by atoms with E-state index in [-0.39, 0.29) is 22.8 Å². The monoisotopic (exact) mass is 403 g/mol. The Hall–Kier alpha value is -3.00. The van der Waals surface area contributed by atoms with Crippen LogP contribution in [0, 0.1) is 6.92 Å². The average Bonchev–Trinajstić information content (AvgIpc) is 2.64. The van der Waals surface area contributed by atoms with Crippen molar-refractivity contribution in [3.8, 4) is 5.75 Å². The van der Waals surface area contributed by atoms with Crippen LogP contribution in [0.25, 0.3) is 6.08 Å². The molecule has 0 bridgehead atoms. The highest BCUT2D eigenvalue weighted by molar-refractivity contribution is 7.84. The van der Waals surface area contributed by atoms with Gasteiger partial charge in [0, 0.05) is 35.4 Å². The fraction of sp³-hybridized carbons (Fsp3) is 0.250. The van der Waals surface area contributed by atoms with Gasteiger partial charge in [-0.1, -0.05) is 30.3 Å². The maximum atomic E-state index is 12.4. The van der Waals surface area contributed by atoms with Crippen LogP contribution in [0.15, 0.2) is 41.2 Å². The Balaban J connectivity index is 2.18. The summed E-state index contributed by atoms with van der Waals surface area (Å²) in [5, 5.41) is 9.96. The number of rotatable bonds is 7. The molecule has 0 aliphatic carbocycles. The molecule has 1 aromatic heterocycles. The van der Waals surface area contributed by atoms with E-state index < -0.39 is 28.1 Å². The van der Waals surface area contributed by atoms with Crippen LogP contribution in [0.2, 0.25) is 0 Å². The molecule has 1 atom stereocenters. The molecule has 0 aliphatic rings. The summed E-state index contributed by atoms with van der Waals surface area (Å²) in [5.41, 5.74) is 1.06. The molecular weight excluding hydrogens is 382 g/mol. The third kappa shape index (κ3) is 5.26. The number of carbonyl (C=O) groups excluding carboxylic acids is 2. The van der Waals surface area contributed by atoms with E-state index in [1.54, 1.807) is 31.2 Å². The number of hydrogen-bond donors (Lipinski definition) is 1. The number of aromatic hydroxyl groups is 1. The number of aryl methyl sites for hydroxylation is 1. The lowest BCUT2D eigenvalue weighted by Gasteiger charge is -2.07. The summed E-state index contributed by atoms with van der Waals surface area (Å²) < 4.78 is 17.7. The number of methoxy groups -OCH3 is 1. The maximum Gasteiger partial charge on any atom is 0.318 e. The fourth-order valence-electron chi connectivity index (χ4n) is 2.51. The third-order valence-corrected chi connectivity index (χ3v) is 5.32. The number of esters is 1. The Morgan fingerprint density at radius 3 is 2.68 bits per heavy atom. The van der Waals surface area contributed by atoms with Crippen molar-refractivity contribution in [2.45, 2.75) is 12.7 Å². The minimum Gasteiger partial charge on any atom is -0.507 e. The predicted molar refractivity (Wildman–Crippen MR) is 107 cm³/mol. The van der Waals surface area contributed by atoms with Gasteiger partial charge in [0.25, 0.3) is 5.56 Å². The van der Waals surface area contributed by atoms with Gasteiger partial charge in [-0.3, -0.25) is 18.6 Å². The van der Waals surface area contributed by atoms with Gasteiger partial charge < -0.3 is 14.4 Å². The molecule has 0 fully saturated rings. The summed E-state index contributed by atoms with van der Waals surface area (Å²) in [5.74, 6) is -1.53. The molecule has 0 saturated heterocycles. The summed E-state index contributed by atoms with van der Waals surface area (Å²) in [6.45, 7) is 1.65. The van der Waals surface area contributed by atoms with Crippen molar-refractivity contribution in [2.24, 2.45) is 7.05 Å². The van der Waals surface area contributed by atoms with Crippen LogP contribution < -0.4 is 5.56 Å². The number of ketones is 1. The summed E-state index contributed by atoms with van der Waals surface area (Å²) >= 11 is 0. The lowest BCUT2D eigenvalue weighted by atomic mass is 10.1. The molecule has 148 valence electrons. The molecule has 0 amide bonds. The molecule has 7 nitrogen and oxygen atoms in total. The van der Waals surface area contributed by atoms with Crippen LogP contribution in [0.5, 0.6) is 5.75 Å². The van der Waals surface area contributed by atoms with E-state index in [1.165, 1.54) is 36.9 Å². The lowest BCUT2D eigenvalue weighted by Crippen LogP contribution is -2.25. The second-order valence-corrected chi connectivity index (χ2v) is 7.61. The molecule has 1 N–H and O–H groups in total. The Morgan fingerprint density at radius 1 is 1.29 bits per heavy atom. The van der Waals surface area contributed by atoms with Gasteiger partial charge in [0.1, 0.15) is 17.1 Å². The number of benzene rings is 1. The van der Waals surface area contributed by atoms with Crippen molar-refractivity contribution < 1.29 is 23.6 Å². The van der Waals surface area contributed by atoms with Crippen molar-refractivity contribution in [2.75, 3.05) is 12.9 Å². The number of hydrogen-bond acceptors (Lipinski definition) is 6. The first-order chi connectivity index (χ1) is 13.2. The van der Waals surface area contributed by atoms with E-state index in [0.29, 0.717) is 11.3 Å². The van der Waals surface area contributed by atoms with E-state index in [2.05, 4.69) is 4.74 Å². The van der Waals surface area contributed by atoms with E-state index in [1.807, 2.05) is 0 Å². The van der Waals surface area contributed by atoms with E-state index in [9.17, 15) is 23.7 Å². The van der Waals surface area contributed by atoms with Gasteiger partial charge in [-0.2, -0.15) is 0 Å². The Labute approximate surface area is 164 Å². The number of ether oxygens (including phenoxy) is 1. The van der Waals surface area contributed by atoms with Gasteiger partial charge in [0.2, 0.25) is 0 Å². The zero-order valence-corrected chi connectivity index (χ0v) is 16.6. The molecule has 1 unspecified atom stereocenters. The largest absolute Gasteiger partial charge is 0.507 e. The van der Waals surface area contributed by atoms with Crippen molar-refractivity contribution in [1.82, 2.24) is 4.57 Å². The second kappa shape index (κ2) is 9.27. The van der Waals surface area contributed by atoms with Crippen molar-refractivity contribution in [3.05, 3.63) is 69.1 Å². The molecule has 8 heteroatoms. The fourth-order valence-corrected chi connectivity index (χ4v) is 3.54. The lowest BCUT2D eigenvalue weighted by molar-refractivity contribution is -0.137. The molecule has 1 heterocycles. The standard InChI is InChI=1S/C20H21NO6S/c1-13-9-17(23)19(20(25)21(13)2)16(22)8-7-14-5-4-6-15(10-14)11-28(26)12-18(24)27-3/h4-10,23H,11-12H2,1-3H3/b8-7+. The van der Waals surface area contributed by atoms with Crippen molar-refractivity contribution >= 4 is 28.6 Å². The molecule has 0 saturated carbocycles. The average molecular weight is 403 g/mol. The highest BCUT2D eigenvalue weighted by Gasteiger charge is 2.16.